The normalized spacial score (nSPS) is 17.0. The fourth-order valence-corrected chi connectivity index (χ4v) is 3.54. The zero-order valence-electron chi connectivity index (χ0n) is 15.5. The first-order chi connectivity index (χ1) is 11.9. The van der Waals surface area contributed by atoms with Crippen LogP contribution in [0.4, 0.5) is 0 Å². The Morgan fingerprint density at radius 3 is 2.73 bits per heavy atom. The third-order valence-corrected chi connectivity index (χ3v) is 4.79. The Kier molecular flexibility index (Phi) is 10.6. The van der Waals surface area contributed by atoms with Gasteiger partial charge >= 0.3 is 0 Å². The quantitative estimate of drug-likeness (QED) is 0.618. The summed E-state index contributed by atoms with van der Waals surface area (Å²) in [5.41, 5.74) is 2.68. The lowest BCUT2D eigenvalue weighted by Gasteiger charge is -2.36. The number of piperidine rings is 1. The molecule has 1 fully saturated rings. The third-order valence-electron chi connectivity index (χ3n) is 4.79. The minimum atomic E-state index is 0. The fourth-order valence-electron chi connectivity index (χ4n) is 3.54. The number of halogens is 2. The molecule has 144 valence electrons. The van der Waals surface area contributed by atoms with Crippen LogP contribution in [0.1, 0.15) is 49.8 Å². The Labute approximate surface area is 170 Å². The molecule has 1 saturated heterocycles. The minimum Gasteiger partial charge on any atom is -0.493 e. The predicted molar refractivity (Wildman–Crippen MR) is 113 cm³/mol. The van der Waals surface area contributed by atoms with Gasteiger partial charge in [0.25, 0.3) is 0 Å². The number of aromatic nitrogens is 1. The SMILES string of the molecule is CCCOc1ccccc1CCN1CCCCC1c1cccnc1.Cl.Cl. The average Bonchev–Trinajstić information content (AvgIpc) is 2.66. The van der Waals surface area contributed by atoms with E-state index in [2.05, 4.69) is 53.2 Å². The van der Waals surface area contributed by atoms with Crippen LogP contribution in [0.5, 0.6) is 5.75 Å². The first kappa shape index (κ1) is 22.8. The predicted octanol–water partition coefficient (Wildman–Crippen LogP) is 5.48. The molecule has 1 atom stereocenters. The van der Waals surface area contributed by atoms with Crippen molar-refractivity contribution in [1.29, 1.82) is 0 Å². The summed E-state index contributed by atoms with van der Waals surface area (Å²) in [6, 6.07) is 13.3. The van der Waals surface area contributed by atoms with E-state index in [0.29, 0.717) is 6.04 Å². The number of nitrogens with zero attached hydrogens (tertiary/aromatic N) is 2. The molecular weight excluding hydrogens is 367 g/mol. The van der Waals surface area contributed by atoms with Gasteiger partial charge in [0.15, 0.2) is 0 Å². The molecule has 0 spiro atoms. The molecule has 1 aliphatic rings. The summed E-state index contributed by atoms with van der Waals surface area (Å²) in [5.74, 6) is 1.05. The summed E-state index contributed by atoms with van der Waals surface area (Å²) < 4.78 is 5.91. The molecule has 0 amide bonds. The van der Waals surface area contributed by atoms with Crippen molar-refractivity contribution in [2.45, 2.75) is 45.1 Å². The maximum atomic E-state index is 5.91. The van der Waals surface area contributed by atoms with Gasteiger partial charge in [-0.25, -0.2) is 0 Å². The Balaban J connectivity index is 0.00000169. The molecule has 1 aromatic carbocycles. The Hall–Kier alpha value is -1.29. The van der Waals surface area contributed by atoms with E-state index in [1.54, 1.807) is 0 Å². The van der Waals surface area contributed by atoms with E-state index in [4.69, 9.17) is 4.74 Å². The van der Waals surface area contributed by atoms with Gasteiger partial charge in [-0.05, 0) is 55.5 Å². The Morgan fingerprint density at radius 1 is 1.12 bits per heavy atom. The lowest BCUT2D eigenvalue weighted by molar-refractivity contribution is 0.150. The van der Waals surface area contributed by atoms with Crippen LogP contribution in [0.3, 0.4) is 0 Å². The standard InChI is InChI=1S/C21H28N2O.2ClH/c1-2-16-24-21-11-4-3-8-18(21)12-15-23-14-6-5-10-20(23)19-9-7-13-22-17-19;;/h3-4,7-9,11,13,17,20H,2,5-6,10,12,14-16H2,1H3;2*1H. The van der Waals surface area contributed by atoms with Crippen molar-refractivity contribution in [3.05, 3.63) is 59.9 Å². The van der Waals surface area contributed by atoms with Gasteiger partial charge in [0.2, 0.25) is 0 Å². The van der Waals surface area contributed by atoms with E-state index in [1.807, 2.05) is 12.4 Å². The number of para-hydroxylation sites is 1. The molecule has 2 aromatic rings. The highest BCUT2D eigenvalue weighted by Gasteiger charge is 2.23. The zero-order chi connectivity index (χ0) is 16.6. The van der Waals surface area contributed by atoms with Gasteiger partial charge in [0.1, 0.15) is 5.75 Å². The van der Waals surface area contributed by atoms with E-state index in [0.717, 1.165) is 31.7 Å². The molecular formula is C21H30Cl2N2O. The van der Waals surface area contributed by atoms with Crippen molar-refractivity contribution < 1.29 is 4.74 Å². The highest BCUT2D eigenvalue weighted by Crippen LogP contribution is 2.31. The highest BCUT2D eigenvalue weighted by atomic mass is 35.5. The molecule has 3 nitrogen and oxygen atoms in total. The molecule has 26 heavy (non-hydrogen) atoms. The fraction of sp³-hybridized carbons (Fsp3) is 0.476. The van der Waals surface area contributed by atoms with Gasteiger partial charge in [0, 0.05) is 25.0 Å². The molecule has 1 aromatic heterocycles. The van der Waals surface area contributed by atoms with Gasteiger partial charge in [-0.2, -0.15) is 0 Å². The number of likely N-dealkylation sites (tertiary alicyclic amines) is 1. The maximum Gasteiger partial charge on any atom is 0.122 e. The monoisotopic (exact) mass is 396 g/mol. The van der Waals surface area contributed by atoms with Crippen molar-refractivity contribution in [3.8, 4) is 5.75 Å². The summed E-state index contributed by atoms with van der Waals surface area (Å²) in [4.78, 5) is 6.94. The van der Waals surface area contributed by atoms with Crippen molar-refractivity contribution in [2.75, 3.05) is 19.7 Å². The smallest absolute Gasteiger partial charge is 0.122 e. The van der Waals surface area contributed by atoms with Crippen molar-refractivity contribution in [2.24, 2.45) is 0 Å². The molecule has 1 aliphatic heterocycles. The topological polar surface area (TPSA) is 25.4 Å². The first-order valence-electron chi connectivity index (χ1n) is 9.23. The van der Waals surface area contributed by atoms with E-state index in [-0.39, 0.29) is 24.8 Å². The number of ether oxygens (including phenoxy) is 1. The van der Waals surface area contributed by atoms with Gasteiger partial charge in [0.05, 0.1) is 6.61 Å². The van der Waals surface area contributed by atoms with Gasteiger partial charge < -0.3 is 4.74 Å². The van der Waals surface area contributed by atoms with Crippen LogP contribution in [-0.4, -0.2) is 29.6 Å². The van der Waals surface area contributed by atoms with Crippen LogP contribution in [0.25, 0.3) is 0 Å². The zero-order valence-corrected chi connectivity index (χ0v) is 17.1. The second-order valence-corrected chi connectivity index (χ2v) is 6.54. The van der Waals surface area contributed by atoms with Crippen LogP contribution >= 0.6 is 24.8 Å². The Bertz CT molecular complexity index is 624. The molecule has 3 rings (SSSR count). The lowest BCUT2D eigenvalue weighted by Crippen LogP contribution is -2.35. The van der Waals surface area contributed by atoms with Gasteiger partial charge in [-0.3, -0.25) is 9.88 Å². The van der Waals surface area contributed by atoms with E-state index in [9.17, 15) is 0 Å². The number of hydrogen-bond acceptors (Lipinski definition) is 3. The number of rotatable bonds is 7. The van der Waals surface area contributed by atoms with Crippen molar-refractivity contribution in [3.63, 3.8) is 0 Å². The van der Waals surface area contributed by atoms with Crippen molar-refractivity contribution in [1.82, 2.24) is 9.88 Å². The molecule has 2 heterocycles. The number of hydrogen-bond donors (Lipinski definition) is 0. The second-order valence-electron chi connectivity index (χ2n) is 6.54. The molecule has 0 aliphatic carbocycles. The maximum absolute atomic E-state index is 5.91. The van der Waals surface area contributed by atoms with Crippen LogP contribution in [0.2, 0.25) is 0 Å². The first-order valence-corrected chi connectivity index (χ1v) is 9.23. The molecule has 0 radical (unpaired) electrons. The largest absolute Gasteiger partial charge is 0.493 e. The molecule has 0 saturated carbocycles. The van der Waals surface area contributed by atoms with Crippen LogP contribution in [-0.2, 0) is 6.42 Å². The summed E-state index contributed by atoms with van der Waals surface area (Å²) in [6.45, 7) is 5.19. The molecule has 1 unspecified atom stereocenters. The summed E-state index contributed by atoms with van der Waals surface area (Å²) in [5, 5.41) is 0. The van der Waals surface area contributed by atoms with E-state index >= 15 is 0 Å². The van der Waals surface area contributed by atoms with Crippen LogP contribution in [0.15, 0.2) is 48.8 Å². The Morgan fingerprint density at radius 2 is 1.96 bits per heavy atom. The van der Waals surface area contributed by atoms with Crippen LogP contribution in [0, 0.1) is 0 Å². The number of pyridine rings is 1. The van der Waals surface area contributed by atoms with Crippen LogP contribution < -0.4 is 4.74 Å². The summed E-state index contributed by atoms with van der Waals surface area (Å²) >= 11 is 0. The molecule has 0 bridgehead atoms. The minimum absolute atomic E-state index is 0. The number of benzene rings is 1. The summed E-state index contributed by atoms with van der Waals surface area (Å²) in [6.07, 6.45) is 9.82. The molecule has 5 heteroatoms. The third kappa shape index (κ3) is 6.15. The molecule has 0 N–H and O–H groups in total. The average molecular weight is 397 g/mol. The van der Waals surface area contributed by atoms with E-state index < -0.39 is 0 Å². The summed E-state index contributed by atoms with van der Waals surface area (Å²) in [7, 11) is 0. The van der Waals surface area contributed by atoms with E-state index in [1.165, 1.54) is 36.9 Å². The second kappa shape index (κ2) is 12.2. The van der Waals surface area contributed by atoms with Gasteiger partial charge in [-0.1, -0.05) is 37.6 Å². The highest BCUT2D eigenvalue weighted by molar-refractivity contribution is 5.85. The van der Waals surface area contributed by atoms with Gasteiger partial charge in [-0.15, -0.1) is 24.8 Å². The van der Waals surface area contributed by atoms with Crippen molar-refractivity contribution >= 4 is 24.8 Å². The lowest BCUT2D eigenvalue weighted by atomic mass is 9.96.